The second-order valence-corrected chi connectivity index (χ2v) is 7.37. The first-order valence-corrected chi connectivity index (χ1v) is 10.2. The third-order valence-electron chi connectivity index (χ3n) is 5.11. The average molecular weight is 431 g/mol. The van der Waals surface area contributed by atoms with E-state index in [1.165, 1.54) is 0 Å². The lowest BCUT2D eigenvalue weighted by molar-refractivity contribution is -0.137. The number of carboxylic acid groups (broad SMARTS) is 1. The number of ether oxygens (including phenoxy) is 1. The van der Waals surface area contributed by atoms with Crippen LogP contribution in [0.1, 0.15) is 32.3 Å². The molecule has 2 heterocycles. The first-order chi connectivity index (χ1) is 15.5. The molecular weight excluding hydrogens is 410 g/mol. The summed E-state index contributed by atoms with van der Waals surface area (Å²) in [6, 6.07) is 12.9. The van der Waals surface area contributed by atoms with E-state index in [1.807, 2.05) is 32.0 Å². The Bertz CT molecular complexity index is 1320. The van der Waals surface area contributed by atoms with Crippen LogP contribution in [0.25, 0.3) is 33.7 Å². The smallest absolute Gasteiger partial charge is 0.305 e. The molecule has 4 aromatic rings. The Labute approximate surface area is 183 Å². The van der Waals surface area contributed by atoms with Gasteiger partial charge in [-0.25, -0.2) is 0 Å². The molecule has 9 nitrogen and oxygen atoms in total. The summed E-state index contributed by atoms with van der Waals surface area (Å²) in [4.78, 5) is 15.3. The van der Waals surface area contributed by atoms with Crippen molar-refractivity contribution in [1.29, 1.82) is 5.26 Å². The molecular formula is C23H21N5O4. The van der Waals surface area contributed by atoms with E-state index in [2.05, 4.69) is 21.3 Å². The third kappa shape index (κ3) is 4.30. The number of hydrogen-bond donors (Lipinski definition) is 1. The Kier molecular flexibility index (Phi) is 5.85. The number of aliphatic carboxylic acids is 1. The largest absolute Gasteiger partial charge is 0.489 e. The van der Waals surface area contributed by atoms with Gasteiger partial charge in [0.2, 0.25) is 5.82 Å². The van der Waals surface area contributed by atoms with Crippen LogP contribution in [0.3, 0.4) is 0 Å². The quantitative estimate of drug-likeness (QED) is 0.438. The Balaban J connectivity index is 1.59. The van der Waals surface area contributed by atoms with Crippen LogP contribution in [0, 0.1) is 11.3 Å². The van der Waals surface area contributed by atoms with Crippen molar-refractivity contribution in [2.45, 2.75) is 39.3 Å². The van der Waals surface area contributed by atoms with E-state index in [9.17, 15) is 10.1 Å². The maximum Gasteiger partial charge on any atom is 0.305 e. The Morgan fingerprint density at radius 1 is 1.28 bits per heavy atom. The molecule has 1 N–H and O–H groups in total. The van der Waals surface area contributed by atoms with Crippen molar-refractivity contribution in [2.24, 2.45) is 0 Å². The molecule has 0 spiro atoms. The fourth-order valence-corrected chi connectivity index (χ4v) is 3.22. The van der Waals surface area contributed by atoms with Crippen LogP contribution in [0.15, 0.2) is 47.1 Å². The van der Waals surface area contributed by atoms with Crippen LogP contribution < -0.4 is 4.74 Å². The standard InChI is InChI=1S/C23H21N5O4/c1-3-14(2)31-20-7-5-16(11-17(20)12-24)23-26-22(27-32-23)15-4-6-19-18(10-15)13-25-28(19)9-8-21(29)30/h4-7,10-11,13-14H,3,8-9H2,1-2H3,(H,29,30)/t14-/m0/s1. The van der Waals surface area contributed by atoms with E-state index in [4.69, 9.17) is 14.4 Å². The number of nitrogens with zero attached hydrogens (tertiary/aromatic N) is 5. The highest BCUT2D eigenvalue weighted by atomic mass is 16.5. The van der Waals surface area contributed by atoms with Gasteiger partial charge in [0.1, 0.15) is 11.8 Å². The maximum absolute atomic E-state index is 10.8. The van der Waals surface area contributed by atoms with Gasteiger partial charge in [-0.3, -0.25) is 9.48 Å². The SMILES string of the molecule is CC[C@H](C)Oc1ccc(-c2nc(-c3ccc4c(cnn4CCC(=O)O)c3)no2)cc1C#N. The van der Waals surface area contributed by atoms with Crippen molar-refractivity contribution < 1.29 is 19.2 Å². The van der Waals surface area contributed by atoms with Gasteiger partial charge in [-0.1, -0.05) is 12.1 Å². The fraction of sp³-hybridized carbons (Fsp3) is 0.261. The van der Waals surface area contributed by atoms with Crippen LogP contribution >= 0.6 is 0 Å². The molecule has 2 aromatic carbocycles. The minimum Gasteiger partial charge on any atom is -0.489 e. The van der Waals surface area contributed by atoms with Crippen molar-refractivity contribution in [3.05, 3.63) is 48.2 Å². The average Bonchev–Trinajstić information content (AvgIpc) is 3.45. The molecule has 4 rings (SSSR count). The summed E-state index contributed by atoms with van der Waals surface area (Å²) in [6.07, 6.45) is 2.52. The molecule has 0 amide bonds. The highest BCUT2D eigenvalue weighted by Gasteiger charge is 2.15. The Hall–Kier alpha value is -4.19. The number of carboxylic acids is 1. The van der Waals surface area contributed by atoms with Crippen LogP contribution in [0.2, 0.25) is 0 Å². The lowest BCUT2D eigenvalue weighted by atomic mass is 10.1. The molecule has 162 valence electrons. The second-order valence-electron chi connectivity index (χ2n) is 7.37. The van der Waals surface area contributed by atoms with E-state index in [0.717, 1.165) is 22.9 Å². The summed E-state index contributed by atoms with van der Waals surface area (Å²) >= 11 is 0. The first-order valence-electron chi connectivity index (χ1n) is 10.2. The van der Waals surface area contributed by atoms with Crippen molar-refractivity contribution in [3.8, 4) is 34.7 Å². The van der Waals surface area contributed by atoms with E-state index in [-0.39, 0.29) is 12.5 Å². The predicted molar refractivity (Wildman–Crippen MR) is 116 cm³/mol. The van der Waals surface area contributed by atoms with E-state index < -0.39 is 5.97 Å². The van der Waals surface area contributed by atoms with Gasteiger partial charge in [0.15, 0.2) is 0 Å². The molecule has 2 aromatic heterocycles. The summed E-state index contributed by atoms with van der Waals surface area (Å²) in [5.41, 5.74) is 2.59. The van der Waals surface area contributed by atoms with E-state index in [0.29, 0.717) is 35.1 Å². The zero-order valence-corrected chi connectivity index (χ0v) is 17.6. The maximum atomic E-state index is 10.8. The monoisotopic (exact) mass is 431 g/mol. The molecule has 0 saturated heterocycles. The molecule has 0 aliphatic carbocycles. The number of carbonyl (C=O) groups is 1. The van der Waals surface area contributed by atoms with Gasteiger partial charge >= 0.3 is 5.97 Å². The number of rotatable bonds is 8. The number of benzene rings is 2. The molecule has 0 radical (unpaired) electrons. The summed E-state index contributed by atoms with van der Waals surface area (Å²) in [5.74, 6) is 0.349. The summed E-state index contributed by atoms with van der Waals surface area (Å²) < 4.78 is 12.9. The number of aryl methyl sites for hydroxylation is 1. The second kappa shape index (κ2) is 8.89. The molecule has 1 atom stereocenters. The zero-order valence-electron chi connectivity index (χ0n) is 17.6. The lowest BCUT2D eigenvalue weighted by Gasteiger charge is -2.13. The topological polar surface area (TPSA) is 127 Å². The number of hydrogen-bond acceptors (Lipinski definition) is 7. The minimum absolute atomic E-state index is 0.00138. The minimum atomic E-state index is -0.872. The molecule has 0 unspecified atom stereocenters. The van der Waals surface area contributed by atoms with Gasteiger partial charge in [-0.2, -0.15) is 15.3 Å². The fourth-order valence-electron chi connectivity index (χ4n) is 3.22. The number of nitriles is 1. The van der Waals surface area contributed by atoms with Gasteiger partial charge < -0.3 is 14.4 Å². The van der Waals surface area contributed by atoms with Gasteiger partial charge in [-0.05, 0) is 49.7 Å². The van der Waals surface area contributed by atoms with Crippen molar-refractivity contribution in [2.75, 3.05) is 0 Å². The van der Waals surface area contributed by atoms with E-state index >= 15 is 0 Å². The first kappa shape index (κ1) is 21.1. The highest BCUT2D eigenvalue weighted by molar-refractivity contribution is 5.83. The third-order valence-corrected chi connectivity index (χ3v) is 5.11. The van der Waals surface area contributed by atoms with Gasteiger partial charge in [-0.15, -0.1) is 0 Å². The van der Waals surface area contributed by atoms with Crippen molar-refractivity contribution >= 4 is 16.9 Å². The van der Waals surface area contributed by atoms with Crippen LogP contribution in [-0.2, 0) is 11.3 Å². The van der Waals surface area contributed by atoms with Crippen molar-refractivity contribution in [1.82, 2.24) is 19.9 Å². The number of fused-ring (bicyclic) bond motifs is 1. The Morgan fingerprint density at radius 2 is 2.09 bits per heavy atom. The highest BCUT2D eigenvalue weighted by Crippen LogP contribution is 2.29. The molecule has 9 heteroatoms. The molecule has 32 heavy (non-hydrogen) atoms. The molecule has 0 saturated carbocycles. The molecule has 0 fully saturated rings. The summed E-state index contributed by atoms with van der Waals surface area (Å²) in [6.45, 7) is 4.26. The van der Waals surface area contributed by atoms with Gasteiger partial charge in [0.25, 0.3) is 5.89 Å². The molecule has 0 aliphatic rings. The lowest BCUT2D eigenvalue weighted by Crippen LogP contribution is -2.10. The van der Waals surface area contributed by atoms with Gasteiger partial charge in [0, 0.05) is 16.5 Å². The molecule has 0 bridgehead atoms. The summed E-state index contributed by atoms with van der Waals surface area (Å²) in [5, 5.41) is 27.5. The Morgan fingerprint density at radius 3 is 2.84 bits per heavy atom. The summed E-state index contributed by atoms with van der Waals surface area (Å²) in [7, 11) is 0. The van der Waals surface area contributed by atoms with Crippen molar-refractivity contribution in [3.63, 3.8) is 0 Å². The van der Waals surface area contributed by atoms with Crippen LogP contribution in [0.4, 0.5) is 0 Å². The number of aromatic nitrogens is 4. The zero-order chi connectivity index (χ0) is 22.7. The van der Waals surface area contributed by atoms with Gasteiger partial charge in [0.05, 0.1) is 36.3 Å². The van der Waals surface area contributed by atoms with E-state index in [1.54, 1.807) is 29.1 Å². The van der Waals surface area contributed by atoms with Crippen LogP contribution in [0.5, 0.6) is 5.75 Å². The normalized spacial score (nSPS) is 11.9. The molecule has 0 aliphatic heterocycles. The predicted octanol–water partition coefficient (Wildman–Crippen LogP) is 4.28. The van der Waals surface area contributed by atoms with Crippen LogP contribution in [-0.4, -0.2) is 37.1 Å².